The van der Waals surface area contributed by atoms with Crippen LogP contribution in [0.25, 0.3) is 22.1 Å². The number of nitrogen functional groups attached to an aromatic ring is 1. The van der Waals surface area contributed by atoms with Gasteiger partial charge in [0.2, 0.25) is 5.91 Å². The van der Waals surface area contributed by atoms with Crippen molar-refractivity contribution in [3.05, 3.63) is 78.8 Å². The number of H-pyrrole nitrogens is 2. The Morgan fingerprint density at radius 3 is 2.50 bits per heavy atom. The molecule has 0 saturated heterocycles. The van der Waals surface area contributed by atoms with E-state index in [0.29, 0.717) is 29.0 Å². The summed E-state index contributed by atoms with van der Waals surface area (Å²) < 4.78 is 0. The molecule has 0 radical (unpaired) electrons. The zero-order valence-corrected chi connectivity index (χ0v) is 17.9. The Morgan fingerprint density at radius 1 is 1.06 bits per heavy atom. The number of carboxylic acids is 1. The zero-order chi connectivity index (χ0) is 24.5. The molecule has 0 aliphatic rings. The van der Waals surface area contributed by atoms with Crippen LogP contribution < -0.4 is 17.2 Å². The van der Waals surface area contributed by atoms with E-state index in [4.69, 9.17) is 22.3 Å². The summed E-state index contributed by atoms with van der Waals surface area (Å²) in [4.78, 5) is 42.2. The second-order valence-electron chi connectivity index (χ2n) is 6.97. The third-order valence-corrected chi connectivity index (χ3v) is 4.63. The quantitative estimate of drug-likeness (QED) is 0.226. The van der Waals surface area contributed by atoms with Crippen molar-refractivity contribution >= 4 is 39.8 Å². The standard InChI is InChI=1S/C11H12N2O2.C6H6N2O.C5H5N5/c12-9(11(14)15)5-7-6-13-10-4-2-1-3-8(7)10;7-6(9)5-2-1-3-8-4-5;6-4-3-5(9-1-7-3)10-2-8-4/h1-4,6,9,13H,5,12H2,(H,14,15);1-4H,(H2,7,9);1-2H,(H3,6,7,8,9,10)/t9-;;/m0../s1. The van der Waals surface area contributed by atoms with E-state index >= 15 is 0 Å². The highest BCUT2D eigenvalue weighted by Crippen LogP contribution is 2.18. The van der Waals surface area contributed by atoms with Crippen molar-refractivity contribution in [2.45, 2.75) is 12.5 Å². The summed E-state index contributed by atoms with van der Waals surface area (Å²) in [5, 5.41) is 9.75. The number of nitrogens with zero attached hydrogens (tertiary/aromatic N) is 4. The number of nitrogens with one attached hydrogen (secondary N) is 2. The van der Waals surface area contributed by atoms with Crippen LogP contribution in [-0.4, -0.2) is 52.9 Å². The number of rotatable bonds is 4. The number of para-hydroxylation sites is 1. The lowest BCUT2D eigenvalue weighted by Gasteiger charge is -2.04. The fourth-order valence-electron chi connectivity index (χ4n) is 2.92. The van der Waals surface area contributed by atoms with Crippen LogP contribution >= 0.6 is 0 Å². The summed E-state index contributed by atoms with van der Waals surface area (Å²) in [7, 11) is 0. The van der Waals surface area contributed by atoms with Crippen molar-refractivity contribution in [3.8, 4) is 0 Å². The van der Waals surface area contributed by atoms with E-state index < -0.39 is 17.9 Å². The van der Waals surface area contributed by atoms with E-state index in [-0.39, 0.29) is 0 Å². The van der Waals surface area contributed by atoms with Gasteiger partial charge >= 0.3 is 5.97 Å². The maximum atomic E-state index is 10.6. The number of primary amides is 1. The zero-order valence-electron chi connectivity index (χ0n) is 17.9. The number of pyridine rings is 1. The maximum Gasteiger partial charge on any atom is 0.320 e. The minimum atomic E-state index is -0.972. The van der Waals surface area contributed by atoms with Gasteiger partial charge in [-0.3, -0.25) is 14.6 Å². The van der Waals surface area contributed by atoms with E-state index in [1.54, 1.807) is 18.3 Å². The van der Waals surface area contributed by atoms with Gasteiger partial charge in [-0.15, -0.1) is 0 Å². The van der Waals surface area contributed by atoms with Crippen LogP contribution in [0.3, 0.4) is 0 Å². The molecule has 174 valence electrons. The second kappa shape index (κ2) is 11.2. The largest absolute Gasteiger partial charge is 0.480 e. The van der Waals surface area contributed by atoms with Gasteiger partial charge < -0.3 is 32.3 Å². The van der Waals surface area contributed by atoms with Gasteiger partial charge in [0.15, 0.2) is 11.5 Å². The van der Waals surface area contributed by atoms with Gasteiger partial charge in [-0.05, 0) is 23.8 Å². The molecular weight excluding hydrogens is 438 g/mol. The van der Waals surface area contributed by atoms with Crippen LogP contribution in [0.1, 0.15) is 15.9 Å². The van der Waals surface area contributed by atoms with Gasteiger partial charge in [0.05, 0.1) is 11.9 Å². The first-order chi connectivity index (χ1) is 16.4. The van der Waals surface area contributed by atoms with Crippen molar-refractivity contribution in [2.24, 2.45) is 11.5 Å². The highest BCUT2D eigenvalue weighted by Gasteiger charge is 2.14. The maximum absolute atomic E-state index is 10.6. The van der Waals surface area contributed by atoms with Gasteiger partial charge in [-0.1, -0.05) is 18.2 Å². The normalized spacial score (nSPS) is 11.1. The lowest BCUT2D eigenvalue weighted by Crippen LogP contribution is -2.32. The van der Waals surface area contributed by atoms with Crippen molar-refractivity contribution in [1.29, 1.82) is 0 Å². The molecule has 4 heterocycles. The summed E-state index contributed by atoms with van der Waals surface area (Å²) in [6, 6.07) is 10.2. The summed E-state index contributed by atoms with van der Waals surface area (Å²) in [6.07, 6.45) is 8.11. The van der Waals surface area contributed by atoms with E-state index in [1.165, 1.54) is 18.9 Å². The number of benzene rings is 1. The fraction of sp³-hybridized carbons (Fsp3) is 0.0909. The number of aromatic amines is 2. The predicted octanol–water partition coefficient (Wildman–Crippen LogP) is 1.24. The van der Waals surface area contributed by atoms with Crippen LogP contribution in [0.4, 0.5) is 5.82 Å². The molecule has 0 bridgehead atoms. The first-order valence-corrected chi connectivity index (χ1v) is 9.99. The van der Waals surface area contributed by atoms with Crippen LogP contribution in [0.5, 0.6) is 0 Å². The Balaban J connectivity index is 0.000000149. The SMILES string of the molecule is NC(=O)c1cccnc1.N[C@@H](Cc1c[nH]c2ccccc12)C(=O)O.Nc1ncnc2nc[nH]c12. The molecular formula is C22H23N9O3. The summed E-state index contributed by atoms with van der Waals surface area (Å²) in [6.45, 7) is 0. The molecule has 5 aromatic rings. The Labute approximate surface area is 193 Å². The Kier molecular flexibility index (Phi) is 7.81. The number of hydrogen-bond donors (Lipinski definition) is 6. The topological polar surface area (TPSA) is 216 Å². The predicted molar refractivity (Wildman–Crippen MR) is 126 cm³/mol. The van der Waals surface area contributed by atoms with Crippen molar-refractivity contribution in [3.63, 3.8) is 0 Å². The molecule has 1 amide bonds. The Bertz CT molecular complexity index is 1380. The first kappa shape index (κ1) is 23.8. The molecule has 0 aliphatic carbocycles. The average molecular weight is 461 g/mol. The van der Waals surface area contributed by atoms with Gasteiger partial charge in [-0.25, -0.2) is 15.0 Å². The number of imidazole rings is 1. The molecule has 0 unspecified atom stereocenters. The van der Waals surface area contributed by atoms with Gasteiger partial charge in [0.1, 0.15) is 17.9 Å². The van der Waals surface area contributed by atoms with Crippen LogP contribution in [0, 0.1) is 0 Å². The lowest BCUT2D eigenvalue weighted by molar-refractivity contribution is -0.138. The molecule has 1 atom stereocenters. The van der Waals surface area contributed by atoms with Gasteiger partial charge in [-0.2, -0.15) is 0 Å². The van der Waals surface area contributed by atoms with Crippen LogP contribution in [-0.2, 0) is 11.2 Å². The first-order valence-electron chi connectivity index (χ1n) is 9.99. The van der Waals surface area contributed by atoms with E-state index in [2.05, 4.69) is 29.9 Å². The minimum Gasteiger partial charge on any atom is -0.480 e. The molecule has 34 heavy (non-hydrogen) atoms. The number of fused-ring (bicyclic) bond motifs is 2. The smallest absolute Gasteiger partial charge is 0.320 e. The Hall–Kier alpha value is -4.84. The molecule has 0 fully saturated rings. The highest BCUT2D eigenvalue weighted by molar-refractivity contribution is 5.92. The van der Waals surface area contributed by atoms with Gasteiger partial charge in [0.25, 0.3) is 0 Å². The van der Waals surface area contributed by atoms with E-state index in [9.17, 15) is 9.59 Å². The minimum absolute atomic E-state index is 0.347. The number of aromatic nitrogens is 6. The van der Waals surface area contributed by atoms with E-state index in [0.717, 1.165) is 16.5 Å². The molecule has 1 aromatic carbocycles. The van der Waals surface area contributed by atoms with Crippen molar-refractivity contribution in [1.82, 2.24) is 29.9 Å². The van der Waals surface area contributed by atoms with Crippen molar-refractivity contribution in [2.75, 3.05) is 5.73 Å². The number of hydrogen-bond acceptors (Lipinski definition) is 8. The summed E-state index contributed by atoms with van der Waals surface area (Å²) in [5.74, 6) is -0.981. The number of carbonyl (C=O) groups excluding carboxylic acids is 1. The number of carbonyl (C=O) groups is 2. The molecule has 5 rings (SSSR count). The van der Waals surface area contributed by atoms with Gasteiger partial charge in [0, 0.05) is 35.9 Å². The average Bonchev–Trinajstić information content (AvgIpc) is 3.49. The summed E-state index contributed by atoms with van der Waals surface area (Å²) in [5.41, 5.74) is 19.6. The third-order valence-electron chi connectivity index (χ3n) is 4.63. The number of anilines is 1. The number of aliphatic carboxylic acids is 1. The number of carboxylic acid groups (broad SMARTS) is 1. The third kappa shape index (κ3) is 6.11. The number of nitrogens with two attached hydrogens (primary N) is 3. The monoisotopic (exact) mass is 461 g/mol. The summed E-state index contributed by atoms with van der Waals surface area (Å²) >= 11 is 0. The molecule has 0 spiro atoms. The highest BCUT2D eigenvalue weighted by atomic mass is 16.4. The molecule has 12 heteroatoms. The Morgan fingerprint density at radius 2 is 1.85 bits per heavy atom. The molecule has 12 nitrogen and oxygen atoms in total. The van der Waals surface area contributed by atoms with Crippen LogP contribution in [0.15, 0.2) is 67.6 Å². The van der Waals surface area contributed by atoms with E-state index in [1.807, 2.05) is 30.5 Å². The molecule has 0 aliphatic heterocycles. The van der Waals surface area contributed by atoms with Crippen LogP contribution in [0.2, 0.25) is 0 Å². The molecule has 0 saturated carbocycles. The number of amides is 1. The fourth-order valence-corrected chi connectivity index (χ4v) is 2.92. The lowest BCUT2D eigenvalue weighted by atomic mass is 10.1. The second-order valence-corrected chi connectivity index (χ2v) is 6.97. The molecule has 9 N–H and O–H groups in total. The van der Waals surface area contributed by atoms with Crippen molar-refractivity contribution < 1.29 is 14.7 Å². The molecule has 4 aromatic heterocycles.